The van der Waals surface area contributed by atoms with Crippen LogP contribution in [0.1, 0.15) is 28.7 Å². The minimum Gasteiger partial charge on any atom is -0.497 e. The summed E-state index contributed by atoms with van der Waals surface area (Å²) >= 11 is 0. The van der Waals surface area contributed by atoms with Crippen LogP contribution in [0.5, 0.6) is 5.75 Å². The zero-order valence-corrected chi connectivity index (χ0v) is 13.9. The number of hydrogen-bond acceptors (Lipinski definition) is 3. The summed E-state index contributed by atoms with van der Waals surface area (Å²) in [6.07, 6.45) is 0. The summed E-state index contributed by atoms with van der Waals surface area (Å²) in [6.45, 7) is 4.56. The predicted molar refractivity (Wildman–Crippen MR) is 93.1 cm³/mol. The van der Waals surface area contributed by atoms with E-state index in [9.17, 15) is 0 Å². The minimum atomic E-state index is 0.455. The fourth-order valence-corrected chi connectivity index (χ4v) is 4.06. The number of nitrogens with zero attached hydrogens (tertiary/aromatic N) is 2. The molecule has 0 N–H and O–H groups in total. The van der Waals surface area contributed by atoms with Gasteiger partial charge in [0.25, 0.3) is 0 Å². The minimum absolute atomic E-state index is 0.455. The highest BCUT2D eigenvalue weighted by Crippen LogP contribution is 2.40. The van der Waals surface area contributed by atoms with Gasteiger partial charge >= 0.3 is 0 Å². The molecule has 0 bridgehead atoms. The number of fused-ring (bicyclic) bond motifs is 3. The van der Waals surface area contributed by atoms with Crippen LogP contribution in [-0.4, -0.2) is 50.1 Å². The summed E-state index contributed by atoms with van der Waals surface area (Å²) in [5, 5.41) is 0. The van der Waals surface area contributed by atoms with E-state index in [4.69, 9.17) is 4.74 Å². The van der Waals surface area contributed by atoms with Crippen LogP contribution in [0.25, 0.3) is 0 Å². The van der Waals surface area contributed by atoms with Gasteiger partial charge in [-0.15, -0.1) is 0 Å². The van der Waals surface area contributed by atoms with Gasteiger partial charge in [-0.3, -0.25) is 4.90 Å². The molecule has 2 aliphatic rings. The number of likely N-dealkylation sites (N-methyl/N-ethyl adjacent to an activating group) is 1. The fourth-order valence-electron chi connectivity index (χ4n) is 4.06. The van der Waals surface area contributed by atoms with E-state index in [-0.39, 0.29) is 0 Å². The molecule has 2 atom stereocenters. The van der Waals surface area contributed by atoms with E-state index >= 15 is 0 Å². The summed E-state index contributed by atoms with van der Waals surface area (Å²) in [5.74, 6) is 1.38. The molecule has 0 spiro atoms. The zero-order chi connectivity index (χ0) is 15.8. The molecule has 23 heavy (non-hydrogen) atoms. The van der Waals surface area contributed by atoms with Crippen LogP contribution >= 0.6 is 0 Å². The molecule has 1 saturated heterocycles. The second-order valence-electron chi connectivity index (χ2n) is 6.73. The normalized spacial score (nSPS) is 24.8. The Kier molecular flexibility index (Phi) is 3.83. The number of rotatable bonds is 2. The van der Waals surface area contributed by atoms with E-state index in [1.807, 2.05) is 0 Å². The van der Waals surface area contributed by atoms with Crippen molar-refractivity contribution in [1.82, 2.24) is 9.80 Å². The maximum atomic E-state index is 5.31. The van der Waals surface area contributed by atoms with Gasteiger partial charge in [0.15, 0.2) is 0 Å². The first kappa shape index (κ1) is 14.7. The molecule has 2 aromatic rings. The highest BCUT2D eigenvalue weighted by atomic mass is 16.5. The standard InChI is InChI=1S/C20H24N2O/c1-21-11-12-22-13-19(15-7-9-16(23-2)10-8-15)17-5-3-4-6-18(17)20(22)14-21/h3-10,19-20H,11-14H2,1-2H3/t19-,20+/m0/s1. The molecular weight excluding hydrogens is 284 g/mol. The molecule has 0 aromatic heterocycles. The molecule has 120 valence electrons. The molecule has 4 rings (SSSR count). The zero-order valence-electron chi connectivity index (χ0n) is 13.9. The van der Waals surface area contributed by atoms with Gasteiger partial charge in [0.2, 0.25) is 0 Å². The van der Waals surface area contributed by atoms with Crippen LogP contribution in [0.15, 0.2) is 48.5 Å². The SMILES string of the molecule is COc1ccc([C@@H]2CN3CCN(C)C[C@@H]3c3ccccc32)cc1. The average molecular weight is 308 g/mol. The Labute approximate surface area is 138 Å². The maximum absolute atomic E-state index is 5.31. The second-order valence-corrected chi connectivity index (χ2v) is 6.73. The summed E-state index contributed by atoms with van der Waals surface area (Å²) in [6, 6.07) is 18.1. The van der Waals surface area contributed by atoms with E-state index in [0.29, 0.717) is 12.0 Å². The van der Waals surface area contributed by atoms with Crippen LogP contribution in [0.4, 0.5) is 0 Å². The lowest BCUT2D eigenvalue weighted by molar-refractivity contribution is 0.0772. The quantitative estimate of drug-likeness (QED) is 0.848. The molecule has 2 aliphatic heterocycles. The lowest BCUT2D eigenvalue weighted by Crippen LogP contribution is -2.50. The lowest BCUT2D eigenvalue weighted by Gasteiger charge is -2.46. The van der Waals surface area contributed by atoms with Gasteiger partial charge in [-0.2, -0.15) is 0 Å². The van der Waals surface area contributed by atoms with Crippen molar-refractivity contribution < 1.29 is 4.74 Å². The first-order chi connectivity index (χ1) is 11.3. The molecule has 0 radical (unpaired) electrons. The van der Waals surface area contributed by atoms with Crippen LogP contribution < -0.4 is 4.74 Å². The van der Waals surface area contributed by atoms with Crippen molar-refractivity contribution in [1.29, 1.82) is 0 Å². The van der Waals surface area contributed by atoms with Gasteiger partial charge < -0.3 is 9.64 Å². The summed E-state index contributed by atoms with van der Waals surface area (Å²) in [7, 11) is 3.95. The Hall–Kier alpha value is -1.84. The van der Waals surface area contributed by atoms with E-state index in [1.54, 1.807) is 7.11 Å². The van der Waals surface area contributed by atoms with E-state index in [0.717, 1.165) is 31.9 Å². The molecule has 0 saturated carbocycles. The highest BCUT2D eigenvalue weighted by molar-refractivity contribution is 5.43. The molecule has 0 unspecified atom stereocenters. The fraction of sp³-hybridized carbons (Fsp3) is 0.400. The molecular formula is C20H24N2O. The average Bonchev–Trinajstić information content (AvgIpc) is 2.61. The van der Waals surface area contributed by atoms with Crippen LogP contribution in [0, 0.1) is 0 Å². The monoisotopic (exact) mass is 308 g/mol. The number of benzene rings is 2. The van der Waals surface area contributed by atoms with Gasteiger partial charge in [0, 0.05) is 38.1 Å². The lowest BCUT2D eigenvalue weighted by atomic mass is 9.80. The predicted octanol–water partition coefficient (Wildman–Crippen LogP) is 3.13. The Morgan fingerprint density at radius 2 is 1.65 bits per heavy atom. The third-order valence-corrected chi connectivity index (χ3v) is 5.36. The van der Waals surface area contributed by atoms with Gasteiger partial charge in [-0.1, -0.05) is 36.4 Å². The Bertz CT molecular complexity index is 682. The van der Waals surface area contributed by atoms with Crippen molar-refractivity contribution in [3.63, 3.8) is 0 Å². The van der Waals surface area contributed by atoms with E-state index in [1.165, 1.54) is 16.7 Å². The van der Waals surface area contributed by atoms with Crippen molar-refractivity contribution in [3.8, 4) is 5.75 Å². The number of methoxy groups -OCH3 is 1. The topological polar surface area (TPSA) is 15.7 Å². The highest BCUT2D eigenvalue weighted by Gasteiger charge is 2.36. The van der Waals surface area contributed by atoms with Gasteiger partial charge in [0.05, 0.1) is 7.11 Å². The molecule has 1 fully saturated rings. The van der Waals surface area contributed by atoms with Crippen molar-refractivity contribution in [2.75, 3.05) is 40.3 Å². The molecule has 0 aliphatic carbocycles. The van der Waals surface area contributed by atoms with Crippen molar-refractivity contribution in [2.45, 2.75) is 12.0 Å². The molecule has 2 heterocycles. The maximum Gasteiger partial charge on any atom is 0.118 e. The summed E-state index contributed by atoms with van der Waals surface area (Å²) in [4.78, 5) is 5.11. The van der Waals surface area contributed by atoms with Gasteiger partial charge in [0.1, 0.15) is 5.75 Å². The van der Waals surface area contributed by atoms with E-state index < -0.39 is 0 Å². The Balaban J connectivity index is 1.74. The Morgan fingerprint density at radius 3 is 2.39 bits per heavy atom. The van der Waals surface area contributed by atoms with Gasteiger partial charge in [-0.25, -0.2) is 0 Å². The van der Waals surface area contributed by atoms with Crippen molar-refractivity contribution in [3.05, 3.63) is 65.2 Å². The molecule has 3 nitrogen and oxygen atoms in total. The van der Waals surface area contributed by atoms with Crippen molar-refractivity contribution in [2.24, 2.45) is 0 Å². The molecule has 2 aromatic carbocycles. The number of ether oxygens (including phenoxy) is 1. The molecule has 3 heteroatoms. The number of hydrogen-bond donors (Lipinski definition) is 0. The second kappa shape index (κ2) is 5.99. The third kappa shape index (κ3) is 2.64. The largest absolute Gasteiger partial charge is 0.497 e. The van der Waals surface area contributed by atoms with Crippen LogP contribution in [-0.2, 0) is 0 Å². The van der Waals surface area contributed by atoms with Crippen LogP contribution in [0.3, 0.4) is 0 Å². The van der Waals surface area contributed by atoms with E-state index in [2.05, 4.69) is 65.4 Å². The first-order valence-electron chi connectivity index (χ1n) is 8.41. The van der Waals surface area contributed by atoms with Gasteiger partial charge in [-0.05, 0) is 35.9 Å². The smallest absolute Gasteiger partial charge is 0.118 e. The van der Waals surface area contributed by atoms with Crippen molar-refractivity contribution >= 4 is 0 Å². The third-order valence-electron chi connectivity index (χ3n) is 5.36. The Morgan fingerprint density at radius 1 is 0.913 bits per heavy atom. The summed E-state index contributed by atoms with van der Waals surface area (Å²) < 4.78 is 5.31. The van der Waals surface area contributed by atoms with Crippen LogP contribution in [0.2, 0.25) is 0 Å². The number of piperazine rings is 1. The summed E-state index contributed by atoms with van der Waals surface area (Å²) in [5.41, 5.74) is 4.39. The molecule has 0 amide bonds. The first-order valence-corrected chi connectivity index (χ1v) is 8.41.